The molecule has 5 heteroatoms. The monoisotopic (exact) mass is 426 g/mol. The Morgan fingerprint density at radius 3 is 2.33 bits per heavy atom. The van der Waals surface area contributed by atoms with E-state index in [1.54, 1.807) is 6.92 Å². The summed E-state index contributed by atoms with van der Waals surface area (Å²) < 4.78 is 40.5. The van der Waals surface area contributed by atoms with Gasteiger partial charge in [-0.1, -0.05) is 19.8 Å². The molecule has 0 aromatic rings. The van der Waals surface area contributed by atoms with Crippen molar-refractivity contribution in [3.8, 4) is 11.8 Å². The summed E-state index contributed by atoms with van der Waals surface area (Å²) in [6, 6.07) is 0. The van der Waals surface area contributed by atoms with Crippen molar-refractivity contribution >= 4 is 0 Å². The first-order valence-corrected chi connectivity index (χ1v) is 11.8. The van der Waals surface area contributed by atoms with E-state index in [9.17, 15) is 23.4 Å². The van der Waals surface area contributed by atoms with Gasteiger partial charge in [0.1, 0.15) is 6.10 Å². The van der Waals surface area contributed by atoms with Crippen molar-refractivity contribution in [2.45, 2.75) is 103 Å². The molecule has 2 N–H and O–H groups in total. The Kier molecular flexibility index (Phi) is 5.55. The summed E-state index contributed by atoms with van der Waals surface area (Å²) in [5.74, 6) is 7.79. The van der Waals surface area contributed by atoms with Gasteiger partial charge in [-0.3, -0.25) is 0 Å². The molecule has 4 saturated carbocycles. The van der Waals surface area contributed by atoms with Gasteiger partial charge in [-0.25, -0.2) is 0 Å². The Morgan fingerprint density at radius 2 is 1.67 bits per heavy atom. The van der Waals surface area contributed by atoms with Gasteiger partial charge >= 0.3 is 6.18 Å². The van der Waals surface area contributed by atoms with Crippen molar-refractivity contribution in [1.82, 2.24) is 0 Å². The second-order valence-electron chi connectivity index (χ2n) is 11.4. The third kappa shape index (κ3) is 3.32. The van der Waals surface area contributed by atoms with E-state index in [2.05, 4.69) is 25.7 Å². The first kappa shape index (κ1) is 22.5. The van der Waals surface area contributed by atoms with E-state index in [4.69, 9.17) is 0 Å². The van der Waals surface area contributed by atoms with Crippen molar-refractivity contribution in [2.24, 2.45) is 40.4 Å². The summed E-state index contributed by atoms with van der Waals surface area (Å²) in [5, 5.41) is 20.6. The Bertz CT molecular complexity index is 724. The largest absolute Gasteiger partial charge is 0.417 e. The average molecular weight is 427 g/mol. The van der Waals surface area contributed by atoms with Crippen molar-refractivity contribution in [2.75, 3.05) is 0 Å². The predicted molar refractivity (Wildman–Crippen MR) is 110 cm³/mol. The zero-order chi connectivity index (χ0) is 21.9. The van der Waals surface area contributed by atoms with E-state index in [0.717, 1.165) is 38.5 Å². The van der Waals surface area contributed by atoms with E-state index >= 15 is 0 Å². The molecular formula is C25H37F3O2. The molecule has 30 heavy (non-hydrogen) atoms. The molecule has 170 valence electrons. The normalized spacial score (nSPS) is 49.3. The third-order valence-electron chi connectivity index (χ3n) is 10.3. The lowest BCUT2D eigenvalue weighted by molar-refractivity contribution is -0.290. The smallest absolute Gasteiger partial charge is 0.380 e. The first-order chi connectivity index (χ1) is 13.9. The highest BCUT2D eigenvalue weighted by Crippen LogP contribution is 2.69. The maximum absolute atomic E-state index is 13.5. The van der Waals surface area contributed by atoms with E-state index in [-0.39, 0.29) is 29.6 Å². The summed E-state index contributed by atoms with van der Waals surface area (Å²) in [5.41, 5.74) is -2.38. The van der Waals surface area contributed by atoms with E-state index in [0.29, 0.717) is 30.1 Å². The van der Waals surface area contributed by atoms with Gasteiger partial charge in [-0.05, 0) is 112 Å². The molecule has 4 fully saturated rings. The standard InChI is InChI=1S/C25H37F3O2/c1-4-5-18(29)14-16-7-9-20-19-8-6-17-15-24(30,25(26,27)28)13-12-23(17,3)21(19)10-11-22(16,20)2/h16-21,29-30H,6-15H2,1-3H3/t16-,17-,18?,19+,20+,21+,22-,23+,24-/m1/s1. The molecule has 1 unspecified atom stereocenters. The zero-order valence-electron chi connectivity index (χ0n) is 18.6. The molecule has 0 radical (unpaired) electrons. The number of aliphatic hydroxyl groups excluding tert-OH is 1. The van der Waals surface area contributed by atoms with Crippen LogP contribution in [0.15, 0.2) is 0 Å². The highest BCUT2D eigenvalue weighted by molar-refractivity contribution is 5.12. The van der Waals surface area contributed by atoms with E-state index in [1.165, 1.54) is 6.42 Å². The van der Waals surface area contributed by atoms with Crippen LogP contribution in [-0.4, -0.2) is 28.1 Å². The number of alkyl halides is 3. The molecule has 0 amide bonds. The molecular weight excluding hydrogens is 389 g/mol. The summed E-state index contributed by atoms with van der Waals surface area (Å²) in [6.07, 6.45) is 2.11. The molecule has 0 heterocycles. The molecule has 4 aliphatic rings. The van der Waals surface area contributed by atoms with Crippen LogP contribution in [0.5, 0.6) is 0 Å². The van der Waals surface area contributed by atoms with Crippen LogP contribution in [0.1, 0.15) is 85.0 Å². The van der Waals surface area contributed by atoms with E-state index < -0.39 is 17.9 Å². The number of hydrogen-bond acceptors (Lipinski definition) is 2. The van der Waals surface area contributed by atoms with Gasteiger partial charge in [-0.15, -0.1) is 5.92 Å². The van der Waals surface area contributed by atoms with Crippen LogP contribution >= 0.6 is 0 Å². The summed E-state index contributed by atoms with van der Waals surface area (Å²) in [4.78, 5) is 0. The lowest BCUT2D eigenvalue weighted by atomic mass is 9.43. The second kappa shape index (κ2) is 7.41. The van der Waals surface area contributed by atoms with Gasteiger partial charge < -0.3 is 10.2 Å². The summed E-state index contributed by atoms with van der Waals surface area (Å²) in [6.45, 7) is 6.38. The van der Waals surface area contributed by atoms with Crippen LogP contribution in [0.25, 0.3) is 0 Å². The lowest BCUT2D eigenvalue weighted by Gasteiger charge is -2.62. The summed E-state index contributed by atoms with van der Waals surface area (Å²) in [7, 11) is 0. The van der Waals surface area contributed by atoms with Crippen molar-refractivity contribution < 1.29 is 23.4 Å². The highest BCUT2D eigenvalue weighted by atomic mass is 19.4. The fourth-order valence-electron chi connectivity index (χ4n) is 8.49. The first-order valence-electron chi connectivity index (χ1n) is 11.8. The molecule has 2 nitrogen and oxygen atoms in total. The maximum atomic E-state index is 13.5. The maximum Gasteiger partial charge on any atom is 0.417 e. The van der Waals surface area contributed by atoms with Gasteiger partial charge in [0.15, 0.2) is 5.60 Å². The minimum Gasteiger partial charge on any atom is -0.380 e. The third-order valence-corrected chi connectivity index (χ3v) is 10.3. The Balaban J connectivity index is 1.52. The van der Waals surface area contributed by atoms with Crippen LogP contribution in [0.3, 0.4) is 0 Å². The van der Waals surface area contributed by atoms with E-state index in [1.807, 2.05) is 0 Å². The van der Waals surface area contributed by atoms with Crippen molar-refractivity contribution in [3.05, 3.63) is 0 Å². The highest BCUT2D eigenvalue weighted by Gasteiger charge is 2.65. The minimum absolute atomic E-state index is 0.0395. The average Bonchev–Trinajstić information content (AvgIpc) is 2.98. The predicted octanol–water partition coefficient (Wildman–Crippen LogP) is 5.71. The molecule has 0 spiro atoms. The second-order valence-corrected chi connectivity index (χ2v) is 11.4. The number of rotatable bonds is 2. The Hall–Kier alpha value is -0.730. The topological polar surface area (TPSA) is 40.5 Å². The molecule has 0 bridgehead atoms. The Labute approximate surface area is 179 Å². The van der Waals surface area contributed by atoms with Gasteiger partial charge in [-0.2, -0.15) is 13.2 Å². The molecule has 4 aliphatic carbocycles. The van der Waals surface area contributed by atoms with Crippen LogP contribution in [0, 0.1) is 52.3 Å². The van der Waals surface area contributed by atoms with Gasteiger partial charge in [0.05, 0.1) is 0 Å². The van der Waals surface area contributed by atoms with Crippen LogP contribution < -0.4 is 0 Å². The molecule has 4 rings (SSSR count). The molecule has 0 saturated heterocycles. The number of aliphatic hydroxyl groups is 2. The lowest BCUT2D eigenvalue weighted by Crippen LogP contribution is -2.59. The zero-order valence-corrected chi connectivity index (χ0v) is 18.6. The van der Waals surface area contributed by atoms with Crippen LogP contribution in [0.2, 0.25) is 0 Å². The number of halogens is 3. The molecule has 0 aromatic carbocycles. The SMILES string of the molecule is CC#CC(O)C[C@H]1CC[C@H]2[C@@H]3CC[C@@H]4C[C@@](O)(C(F)(F)F)CC[C@]4(C)[C@H]3CC[C@]12C. The molecule has 9 atom stereocenters. The van der Waals surface area contributed by atoms with Gasteiger partial charge in [0.25, 0.3) is 0 Å². The van der Waals surface area contributed by atoms with Crippen LogP contribution in [-0.2, 0) is 0 Å². The number of hydrogen-bond donors (Lipinski definition) is 2. The molecule has 0 aliphatic heterocycles. The van der Waals surface area contributed by atoms with Gasteiger partial charge in [0.2, 0.25) is 0 Å². The summed E-state index contributed by atoms with van der Waals surface area (Å²) >= 11 is 0. The van der Waals surface area contributed by atoms with Crippen molar-refractivity contribution in [3.63, 3.8) is 0 Å². The number of fused-ring (bicyclic) bond motifs is 5. The minimum atomic E-state index is -4.53. The quantitative estimate of drug-likeness (QED) is 0.555. The van der Waals surface area contributed by atoms with Gasteiger partial charge in [0, 0.05) is 0 Å². The Morgan fingerprint density at radius 1 is 0.967 bits per heavy atom. The van der Waals surface area contributed by atoms with Crippen LogP contribution in [0.4, 0.5) is 13.2 Å². The fraction of sp³-hybridized carbons (Fsp3) is 0.920. The van der Waals surface area contributed by atoms with Crippen molar-refractivity contribution in [1.29, 1.82) is 0 Å². The fourth-order valence-corrected chi connectivity index (χ4v) is 8.49. The molecule has 0 aromatic heterocycles.